The molecule has 0 radical (unpaired) electrons. The Kier molecular flexibility index (Phi) is 6.86. The molecule has 6 nitrogen and oxygen atoms in total. The Bertz CT molecular complexity index is 1210. The van der Waals surface area contributed by atoms with Gasteiger partial charge in [0.25, 0.3) is 0 Å². The Labute approximate surface area is 212 Å². The predicted molar refractivity (Wildman–Crippen MR) is 137 cm³/mol. The number of allylic oxidation sites excluding steroid dienone is 3. The molecule has 3 aliphatic rings. The smallest absolute Gasteiger partial charge is 0.336 e. The van der Waals surface area contributed by atoms with E-state index >= 15 is 0 Å². The van der Waals surface area contributed by atoms with Crippen molar-refractivity contribution in [2.24, 2.45) is 5.92 Å². The zero-order valence-electron chi connectivity index (χ0n) is 20.8. The fourth-order valence-corrected chi connectivity index (χ4v) is 5.90. The van der Waals surface area contributed by atoms with E-state index in [1.165, 1.54) is 13.5 Å². The number of benzene rings is 2. The van der Waals surface area contributed by atoms with Gasteiger partial charge in [-0.25, -0.2) is 4.79 Å². The third-order valence-electron chi connectivity index (χ3n) is 7.70. The number of hydrogen-bond donors (Lipinski definition) is 2. The average molecular weight is 488 g/mol. The van der Waals surface area contributed by atoms with Gasteiger partial charge in [0.15, 0.2) is 11.5 Å². The van der Waals surface area contributed by atoms with Crippen molar-refractivity contribution in [1.29, 1.82) is 0 Å². The van der Waals surface area contributed by atoms with Crippen LogP contribution in [0.25, 0.3) is 0 Å². The quantitative estimate of drug-likeness (QED) is 0.542. The maximum atomic E-state index is 13.7. The molecule has 3 atom stereocenters. The second kappa shape index (κ2) is 10.2. The average Bonchev–Trinajstić information content (AvgIpc) is 2.89. The van der Waals surface area contributed by atoms with Crippen molar-refractivity contribution in [2.75, 3.05) is 7.11 Å². The van der Waals surface area contributed by atoms with Crippen LogP contribution in [0.2, 0.25) is 0 Å². The van der Waals surface area contributed by atoms with Crippen LogP contribution in [0.1, 0.15) is 68.4 Å². The monoisotopic (exact) mass is 487 g/mol. The summed E-state index contributed by atoms with van der Waals surface area (Å²) in [7, 11) is 1.49. The molecule has 188 valence electrons. The highest BCUT2D eigenvalue weighted by Gasteiger charge is 2.45. The molecule has 0 aromatic heterocycles. The highest BCUT2D eigenvalue weighted by atomic mass is 16.5. The first kappa shape index (κ1) is 24.2. The fraction of sp³-hybridized carbons (Fsp3) is 0.400. The van der Waals surface area contributed by atoms with E-state index in [-0.39, 0.29) is 29.5 Å². The summed E-state index contributed by atoms with van der Waals surface area (Å²) in [6.45, 7) is 1.87. The molecule has 1 saturated carbocycles. The van der Waals surface area contributed by atoms with Crippen LogP contribution < -0.4 is 10.1 Å². The van der Waals surface area contributed by atoms with Crippen LogP contribution in [-0.2, 0) is 14.3 Å². The molecule has 0 spiro atoms. The summed E-state index contributed by atoms with van der Waals surface area (Å²) in [5, 5.41) is 13.6. The molecular formula is C30H33NO5. The van der Waals surface area contributed by atoms with Gasteiger partial charge in [-0.15, -0.1) is 0 Å². The normalized spacial score (nSPS) is 24.4. The Morgan fingerprint density at radius 3 is 2.47 bits per heavy atom. The lowest BCUT2D eigenvalue weighted by Crippen LogP contribution is -2.42. The summed E-state index contributed by atoms with van der Waals surface area (Å²) in [6, 6.07) is 15.0. The van der Waals surface area contributed by atoms with E-state index in [1.807, 2.05) is 37.3 Å². The molecule has 6 heteroatoms. The molecule has 1 heterocycles. The van der Waals surface area contributed by atoms with Gasteiger partial charge in [-0.1, -0.05) is 48.9 Å². The van der Waals surface area contributed by atoms with E-state index in [4.69, 9.17) is 9.47 Å². The van der Waals surface area contributed by atoms with Crippen molar-refractivity contribution in [3.8, 4) is 11.5 Å². The van der Waals surface area contributed by atoms with E-state index in [2.05, 4.69) is 11.4 Å². The Hall–Kier alpha value is -3.54. The summed E-state index contributed by atoms with van der Waals surface area (Å²) < 4.78 is 11.4. The highest BCUT2D eigenvalue weighted by Crippen LogP contribution is 2.47. The van der Waals surface area contributed by atoms with E-state index < -0.39 is 11.8 Å². The number of phenolic OH excluding ortho intramolecular Hbond substituents is 1. The van der Waals surface area contributed by atoms with Gasteiger partial charge in [-0.05, 0) is 55.9 Å². The number of ether oxygens (including phenoxy) is 2. The van der Waals surface area contributed by atoms with Crippen molar-refractivity contribution in [3.63, 3.8) is 0 Å². The van der Waals surface area contributed by atoms with Gasteiger partial charge in [-0.3, -0.25) is 4.79 Å². The first-order chi connectivity index (χ1) is 17.5. The van der Waals surface area contributed by atoms with Gasteiger partial charge in [0.2, 0.25) is 0 Å². The number of carbonyl (C=O) groups excluding carboxylic acids is 2. The molecule has 1 fully saturated rings. The molecule has 36 heavy (non-hydrogen) atoms. The number of rotatable bonds is 5. The second-order valence-electron chi connectivity index (χ2n) is 10.0. The minimum atomic E-state index is -0.545. The standard InChI is InChI=1S/C30H33NO5/c1-18-27(30(34)36-22-11-7-4-8-12-22)28(20-13-14-24(32)26(17-20)35-2)29-23(31-18)15-21(16-25(29)33)19-9-5-3-6-10-19/h3,5-6,9-10,13-15,17,21-22,28-29,31-32H,4,7-8,11-12,16H2,1-2H3. The lowest BCUT2D eigenvalue weighted by atomic mass is 9.68. The number of nitrogens with one attached hydrogen (secondary N) is 1. The topological polar surface area (TPSA) is 84.9 Å². The molecule has 0 bridgehead atoms. The van der Waals surface area contributed by atoms with Crippen LogP contribution in [0.5, 0.6) is 11.5 Å². The number of Topliss-reactive ketones (excluding diaryl/α,β-unsaturated/α-hetero) is 1. The number of carbonyl (C=O) groups is 2. The number of phenols is 1. The molecule has 3 unspecified atom stereocenters. The summed E-state index contributed by atoms with van der Waals surface area (Å²) in [5.74, 6) is -1.10. The maximum Gasteiger partial charge on any atom is 0.336 e. The van der Waals surface area contributed by atoms with E-state index in [1.54, 1.807) is 18.2 Å². The van der Waals surface area contributed by atoms with Crippen LogP contribution in [0.3, 0.4) is 0 Å². The van der Waals surface area contributed by atoms with E-state index in [0.717, 1.165) is 42.5 Å². The maximum absolute atomic E-state index is 13.7. The Balaban J connectivity index is 1.58. The number of methoxy groups -OCH3 is 1. The SMILES string of the molecule is COc1cc(C2C(C(=O)OC3CCCCC3)=C(C)NC3=CC(c4ccccc4)CC(=O)C32)ccc1O. The largest absolute Gasteiger partial charge is 0.504 e. The number of fused-ring (bicyclic) bond motifs is 1. The van der Waals surface area contributed by atoms with Crippen molar-refractivity contribution >= 4 is 11.8 Å². The van der Waals surface area contributed by atoms with E-state index in [9.17, 15) is 14.7 Å². The molecule has 1 aliphatic heterocycles. The minimum Gasteiger partial charge on any atom is -0.504 e. The Morgan fingerprint density at radius 2 is 1.75 bits per heavy atom. The lowest BCUT2D eigenvalue weighted by Gasteiger charge is -2.40. The van der Waals surface area contributed by atoms with Crippen LogP contribution >= 0.6 is 0 Å². The lowest BCUT2D eigenvalue weighted by molar-refractivity contribution is -0.146. The molecule has 2 N–H and O–H groups in total. The molecule has 0 saturated heterocycles. The van der Waals surface area contributed by atoms with Gasteiger partial charge >= 0.3 is 5.97 Å². The van der Waals surface area contributed by atoms with Crippen molar-refractivity contribution in [2.45, 2.75) is 63.4 Å². The number of hydrogen-bond acceptors (Lipinski definition) is 6. The van der Waals surface area contributed by atoms with Crippen LogP contribution in [0, 0.1) is 5.92 Å². The fourth-order valence-electron chi connectivity index (χ4n) is 5.90. The number of ketones is 1. The van der Waals surface area contributed by atoms with Gasteiger partial charge in [0.05, 0.1) is 18.6 Å². The molecule has 2 aliphatic carbocycles. The number of esters is 1. The molecule has 2 aromatic carbocycles. The van der Waals surface area contributed by atoms with Crippen LogP contribution in [-0.4, -0.2) is 30.1 Å². The summed E-state index contributed by atoms with van der Waals surface area (Å²) >= 11 is 0. The summed E-state index contributed by atoms with van der Waals surface area (Å²) in [5.41, 5.74) is 3.80. The molecule has 5 rings (SSSR count). The van der Waals surface area contributed by atoms with Crippen molar-refractivity contribution < 1.29 is 24.2 Å². The number of aromatic hydroxyl groups is 1. The van der Waals surface area contributed by atoms with Crippen molar-refractivity contribution in [3.05, 3.63) is 82.7 Å². The predicted octanol–water partition coefficient (Wildman–Crippen LogP) is 5.49. The molecular weight excluding hydrogens is 454 g/mol. The third-order valence-corrected chi connectivity index (χ3v) is 7.70. The van der Waals surface area contributed by atoms with Gasteiger partial charge in [0.1, 0.15) is 11.9 Å². The Morgan fingerprint density at radius 1 is 1.00 bits per heavy atom. The zero-order valence-corrected chi connectivity index (χ0v) is 20.8. The second-order valence-corrected chi connectivity index (χ2v) is 10.0. The van der Waals surface area contributed by atoms with Gasteiger partial charge in [-0.2, -0.15) is 0 Å². The zero-order chi connectivity index (χ0) is 25.2. The van der Waals surface area contributed by atoms with Crippen molar-refractivity contribution in [1.82, 2.24) is 5.32 Å². The van der Waals surface area contributed by atoms with Gasteiger partial charge < -0.3 is 19.9 Å². The summed E-state index contributed by atoms with van der Waals surface area (Å²) in [6.07, 6.45) is 7.41. The first-order valence-electron chi connectivity index (χ1n) is 12.8. The van der Waals surface area contributed by atoms with Crippen LogP contribution in [0.15, 0.2) is 71.6 Å². The summed E-state index contributed by atoms with van der Waals surface area (Å²) in [4.78, 5) is 27.4. The van der Waals surface area contributed by atoms with Gasteiger partial charge in [0, 0.05) is 29.7 Å². The van der Waals surface area contributed by atoms with E-state index in [0.29, 0.717) is 23.4 Å². The van der Waals surface area contributed by atoms with Crippen LogP contribution in [0.4, 0.5) is 0 Å². The highest BCUT2D eigenvalue weighted by molar-refractivity contribution is 5.96. The first-order valence-corrected chi connectivity index (χ1v) is 12.8. The molecule has 0 amide bonds. The molecule has 2 aromatic rings. The third kappa shape index (κ3) is 4.64. The minimum absolute atomic E-state index is 0.0112.